The lowest BCUT2D eigenvalue weighted by atomic mass is 10.2. The fourth-order valence-electron chi connectivity index (χ4n) is 0.708. The lowest BCUT2D eigenvalue weighted by Crippen LogP contribution is -1.77. The highest BCUT2D eigenvalue weighted by Gasteiger charge is 2.04. The Morgan fingerprint density at radius 3 is 2.50 bits per heavy atom. The Balaban J connectivity index is 3.41. The predicted octanol–water partition coefficient (Wildman–Crippen LogP) is 3.63. The molecule has 0 atom stereocenters. The Hall–Kier alpha value is -0.840. The molecular formula is C8H2Br2N2. The van der Waals surface area contributed by atoms with Crippen LogP contribution in [-0.2, 0) is 0 Å². The van der Waals surface area contributed by atoms with Crippen LogP contribution < -0.4 is 0 Å². The Morgan fingerprint density at radius 2 is 2.00 bits per heavy atom. The second-order valence-electron chi connectivity index (χ2n) is 2.01. The molecule has 1 aromatic rings. The van der Waals surface area contributed by atoms with Crippen molar-refractivity contribution >= 4 is 37.5 Å². The molecule has 4 heteroatoms. The summed E-state index contributed by atoms with van der Waals surface area (Å²) in [6, 6.07) is 5.25. The van der Waals surface area contributed by atoms with Crippen molar-refractivity contribution in [2.24, 2.45) is 0 Å². The molecular weight excluding hydrogens is 284 g/mol. The molecule has 1 aromatic carbocycles. The highest BCUT2D eigenvalue weighted by atomic mass is 79.9. The van der Waals surface area contributed by atoms with Crippen LogP contribution in [0, 0.1) is 17.9 Å². The van der Waals surface area contributed by atoms with Crippen molar-refractivity contribution in [2.45, 2.75) is 0 Å². The molecule has 0 fully saturated rings. The van der Waals surface area contributed by atoms with E-state index in [0.717, 1.165) is 0 Å². The highest BCUT2D eigenvalue weighted by Crippen LogP contribution is 2.31. The first-order valence-electron chi connectivity index (χ1n) is 2.95. The number of hydrogen-bond donors (Lipinski definition) is 0. The third kappa shape index (κ3) is 1.66. The summed E-state index contributed by atoms with van der Waals surface area (Å²) in [5.74, 6) is 0. The van der Waals surface area contributed by atoms with E-state index in [9.17, 15) is 0 Å². The Morgan fingerprint density at radius 1 is 1.33 bits per heavy atom. The van der Waals surface area contributed by atoms with E-state index in [0.29, 0.717) is 20.2 Å². The standard InChI is InChI=1S/C8H2Br2N2/c1-12-8-3-6(9)5(4-11)2-7(8)10/h2-3H. The zero-order valence-electron chi connectivity index (χ0n) is 5.81. The van der Waals surface area contributed by atoms with Gasteiger partial charge in [0.25, 0.3) is 0 Å². The first kappa shape index (κ1) is 9.25. The Kier molecular flexibility index (Phi) is 2.86. The summed E-state index contributed by atoms with van der Waals surface area (Å²) in [5, 5.41) is 8.63. The molecule has 12 heavy (non-hydrogen) atoms. The maximum Gasteiger partial charge on any atom is 0.202 e. The summed E-state index contributed by atoms with van der Waals surface area (Å²) in [4.78, 5) is 3.27. The van der Waals surface area contributed by atoms with Gasteiger partial charge in [0, 0.05) is 8.95 Å². The molecule has 0 N–H and O–H groups in total. The van der Waals surface area contributed by atoms with Crippen LogP contribution in [0.1, 0.15) is 5.56 Å². The van der Waals surface area contributed by atoms with Gasteiger partial charge in [0.2, 0.25) is 5.69 Å². The molecule has 58 valence electrons. The number of hydrogen-bond acceptors (Lipinski definition) is 1. The van der Waals surface area contributed by atoms with Gasteiger partial charge in [-0.25, -0.2) is 4.85 Å². The molecule has 0 amide bonds. The predicted molar refractivity (Wildman–Crippen MR) is 52.8 cm³/mol. The third-order valence-corrected chi connectivity index (χ3v) is 2.57. The van der Waals surface area contributed by atoms with E-state index in [4.69, 9.17) is 11.8 Å². The average molecular weight is 286 g/mol. The molecule has 0 bridgehead atoms. The van der Waals surface area contributed by atoms with Crippen molar-refractivity contribution in [2.75, 3.05) is 0 Å². The fourth-order valence-corrected chi connectivity index (χ4v) is 1.56. The first-order valence-corrected chi connectivity index (χ1v) is 4.54. The van der Waals surface area contributed by atoms with Crippen LogP contribution >= 0.6 is 31.9 Å². The van der Waals surface area contributed by atoms with E-state index in [1.54, 1.807) is 12.1 Å². The maximum atomic E-state index is 8.63. The van der Waals surface area contributed by atoms with Crippen molar-refractivity contribution in [1.82, 2.24) is 0 Å². The van der Waals surface area contributed by atoms with E-state index < -0.39 is 0 Å². The second-order valence-corrected chi connectivity index (χ2v) is 3.72. The zero-order valence-corrected chi connectivity index (χ0v) is 8.98. The minimum atomic E-state index is 0.501. The third-order valence-electron chi connectivity index (χ3n) is 1.28. The van der Waals surface area contributed by atoms with Crippen LogP contribution in [0.25, 0.3) is 4.85 Å². The quantitative estimate of drug-likeness (QED) is 0.669. The van der Waals surface area contributed by atoms with Crippen molar-refractivity contribution in [1.29, 1.82) is 5.26 Å². The van der Waals surface area contributed by atoms with E-state index in [1.807, 2.05) is 6.07 Å². The number of benzene rings is 1. The molecule has 0 aromatic heterocycles. The summed E-state index contributed by atoms with van der Waals surface area (Å²) in [7, 11) is 0. The number of nitrogens with zero attached hydrogens (tertiary/aromatic N) is 2. The van der Waals surface area contributed by atoms with Gasteiger partial charge in [-0.15, -0.1) is 0 Å². The highest BCUT2D eigenvalue weighted by molar-refractivity contribution is 9.11. The minimum absolute atomic E-state index is 0.501. The largest absolute Gasteiger partial charge is 0.237 e. The SMILES string of the molecule is [C-]#[N+]c1cc(Br)c(C#N)cc1Br. The Labute approximate surface area is 86.9 Å². The fraction of sp³-hybridized carbons (Fsp3) is 0. The van der Waals surface area contributed by atoms with Crippen LogP contribution in [0.15, 0.2) is 21.1 Å². The molecule has 0 unspecified atom stereocenters. The topological polar surface area (TPSA) is 28.1 Å². The van der Waals surface area contributed by atoms with Gasteiger partial charge in [-0.3, -0.25) is 0 Å². The van der Waals surface area contributed by atoms with Crippen LogP contribution in [-0.4, -0.2) is 0 Å². The molecule has 2 nitrogen and oxygen atoms in total. The molecule has 0 spiro atoms. The van der Waals surface area contributed by atoms with Gasteiger partial charge < -0.3 is 0 Å². The molecule has 1 rings (SSSR count). The molecule has 0 aliphatic heterocycles. The van der Waals surface area contributed by atoms with Gasteiger partial charge in [0.1, 0.15) is 6.07 Å². The summed E-state index contributed by atoms with van der Waals surface area (Å²) < 4.78 is 1.30. The lowest BCUT2D eigenvalue weighted by Gasteiger charge is -1.98. The van der Waals surface area contributed by atoms with Crippen molar-refractivity contribution < 1.29 is 0 Å². The van der Waals surface area contributed by atoms with Crippen molar-refractivity contribution in [3.05, 3.63) is 38.1 Å². The number of rotatable bonds is 0. The molecule has 0 aliphatic carbocycles. The molecule has 0 aliphatic rings. The van der Waals surface area contributed by atoms with E-state index >= 15 is 0 Å². The smallest absolute Gasteiger partial charge is 0.202 e. The summed E-state index contributed by atoms with van der Waals surface area (Å²) in [6.07, 6.45) is 0. The van der Waals surface area contributed by atoms with Gasteiger partial charge in [0.05, 0.1) is 12.1 Å². The lowest BCUT2D eigenvalue weighted by molar-refractivity contribution is 1.46. The van der Waals surface area contributed by atoms with Crippen LogP contribution in [0.2, 0.25) is 0 Å². The maximum absolute atomic E-state index is 8.63. The monoisotopic (exact) mass is 284 g/mol. The van der Waals surface area contributed by atoms with E-state index in [2.05, 4.69) is 36.7 Å². The van der Waals surface area contributed by atoms with Gasteiger partial charge in [-0.2, -0.15) is 5.26 Å². The molecule has 0 radical (unpaired) electrons. The average Bonchev–Trinajstić information content (AvgIpc) is 2.08. The van der Waals surface area contributed by atoms with Gasteiger partial charge >= 0.3 is 0 Å². The van der Waals surface area contributed by atoms with Gasteiger partial charge in [-0.1, -0.05) is 31.9 Å². The summed E-state index contributed by atoms with van der Waals surface area (Å²) in [6.45, 7) is 6.80. The van der Waals surface area contributed by atoms with Crippen molar-refractivity contribution in [3.63, 3.8) is 0 Å². The summed E-state index contributed by atoms with van der Waals surface area (Å²) >= 11 is 6.39. The van der Waals surface area contributed by atoms with Gasteiger partial charge in [0.15, 0.2) is 0 Å². The van der Waals surface area contributed by atoms with Crippen LogP contribution in [0.3, 0.4) is 0 Å². The molecule has 0 heterocycles. The molecule has 0 saturated carbocycles. The van der Waals surface area contributed by atoms with Crippen LogP contribution in [0.5, 0.6) is 0 Å². The zero-order chi connectivity index (χ0) is 9.14. The second kappa shape index (κ2) is 3.71. The van der Waals surface area contributed by atoms with E-state index in [-0.39, 0.29) is 0 Å². The van der Waals surface area contributed by atoms with Crippen LogP contribution in [0.4, 0.5) is 5.69 Å². The number of nitriles is 1. The van der Waals surface area contributed by atoms with E-state index in [1.165, 1.54) is 0 Å². The first-order chi connectivity index (χ1) is 5.69. The normalized spacial score (nSPS) is 8.67. The summed E-state index contributed by atoms with van der Waals surface area (Å²) in [5.41, 5.74) is 1.02. The number of halogens is 2. The Bertz CT molecular complexity index is 359. The minimum Gasteiger partial charge on any atom is -0.237 e. The van der Waals surface area contributed by atoms with Gasteiger partial charge in [-0.05, 0) is 12.1 Å². The van der Waals surface area contributed by atoms with Crippen molar-refractivity contribution in [3.8, 4) is 6.07 Å². The molecule has 0 saturated heterocycles.